The molecule has 3 nitrogen and oxygen atoms in total. The molecule has 0 aromatic carbocycles. The summed E-state index contributed by atoms with van der Waals surface area (Å²) in [4.78, 5) is 24.4. The highest BCUT2D eigenvalue weighted by molar-refractivity contribution is 5.86. The van der Waals surface area contributed by atoms with Gasteiger partial charge in [-0.25, -0.2) is 0 Å². The lowest BCUT2D eigenvalue weighted by atomic mass is 9.48. The number of hydrogen-bond donors (Lipinski definition) is 0. The van der Waals surface area contributed by atoms with Crippen LogP contribution in [0.25, 0.3) is 0 Å². The highest BCUT2D eigenvalue weighted by Crippen LogP contribution is 2.64. The molecule has 3 saturated carbocycles. The molecule has 6 atom stereocenters. The smallest absolute Gasteiger partial charge is 0.305 e. The van der Waals surface area contributed by atoms with E-state index in [4.69, 9.17) is 4.74 Å². The molecule has 134 valence electrons. The number of carbonyl (C=O) groups is 2. The van der Waals surface area contributed by atoms with Crippen LogP contribution in [0.1, 0.15) is 65.2 Å². The van der Waals surface area contributed by atoms with Crippen LogP contribution in [-0.4, -0.2) is 18.9 Å². The Kier molecular flexibility index (Phi) is 4.65. The Bertz CT molecular complexity index is 539. The number of ketones is 1. The molecule has 0 spiro atoms. The van der Waals surface area contributed by atoms with Gasteiger partial charge in [-0.2, -0.15) is 0 Å². The summed E-state index contributed by atoms with van der Waals surface area (Å²) in [7, 11) is 1.43. The van der Waals surface area contributed by atoms with Crippen molar-refractivity contribution in [1.82, 2.24) is 0 Å². The Balaban J connectivity index is 1.83. The van der Waals surface area contributed by atoms with Gasteiger partial charge < -0.3 is 4.74 Å². The molecule has 0 aliphatic heterocycles. The van der Waals surface area contributed by atoms with Crippen LogP contribution < -0.4 is 0 Å². The maximum absolute atomic E-state index is 12.8. The quantitative estimate of drug-likeness (QED) is 0.560. The van der Waals surface area contributed by atoms with Crippen molar-refractivity contribution in [2.75, 3.05) is 7.11 Å². The minimum atomic E-state index is -0.343. The van der Waals surface area contributed by atoms with Crippen molar-refractivity contribution in [2.45, 2.75) is 65.2 Å². The lowest BCUT2D eigenvalue weighted by molar-refractivity contribution is -0.149. The number of carbonyl (C=O) groups excluding carboxylic acids is 2. The third kappa shape index (κ3) is 2.55. The highest BCUT2D eigenvalue weighted by atomic mass is 16.5. The third-order valence-electron chi connectivity index (χ3n) is 8.03. The standard InChI is InChI=1S/C21H32O3/c1-5-14-6-8-16-15-7-9-18(22)21(3,13-11-19(23)24-4)17(15)10-12-20(14,16)2/h5,14-17H,1,6-13H2,2-4H3/t14-,15-,16?,17?,20+,21+/m0/s1. The zero-order valence-electron chi connectivity index (χ0n) is 15.5. The molecule has 3 aliphatic carbocycles. The molecule has 0 heterocycles. The van der Waals surface area contributed by atoms with Crippen LogP contribution >= 0.6 is 0 Å². The molecule has 0 bridgehead atoms. The predicted molar refractivity (Wildman–Crippen MR) is 94.3 cm³/mol. The molecule has 2 unspecified atom stereocenters. The maximum atomic E-state index is 12.8. The van der Waals surface area contributed by atoms with Crippen molar-refractivity contribution >= 4 is 11.8 Å². The Labute approximate surface area is 146 Å². The fourth-order valence-electron chi connectivity index (χ4n) is 6.49. The highest BCUT2D eigenvalue weighted by Gasteiger charge is 2.58. The average Bonchev–Trinajstić information content (AvgIpc) is 2.92. The van der Waals surface area contributed by atoms with Crippen LogP contribution in [0.4, 0.5) is 0 Å². The van der Waals surface area contributed by atoms with Crippen LogP contribution in [-0.2, 0) is 14.3 Å². The molecule has 0 amide bonds. The second-order valence-electron chi connectivity index (χ2n) is 8.80. The summed E-state index contributed by atoms with van der Waals surface area (Å²) in [5.74, 6) is 2.58. The molecule has 0 radical (unpaired) electrons. The monoisotopic (exact) mass is 332 g/mol. The summed E-state index contributed by atoms with van der Waals surface area (Å²) in [5.41, 5.74) is 0.0251. The van der Waals surface area contributed by atoms with E-state index in [1.54, 1.807) is 0 Å². The van der Waals surface area contributed by atoms with E-state index in [-0.39, 0.29) is 11.4 Å². The molecule has 3 aliphatic rings. The molecule has 0 N–H and O–H groups in total. The molecule has 0 aromatic rings. The molecule has 3 rings (SSSR count). The number of ether oxygens (including phenoxy) is 1. The Morgan fingerprint density at radius 2 is 2.00 bits per heavy atom. The zero-order valence-corrected chi connectivity index (χ0v) is 15.5. The Morgan fingerprint density at radius 3 is 2.67 bits per heavy atom. The summed E-state index contributed by atoms with van der Waals surface area (Å²) in [6.07, 6.45) is 9.74. The van der Waals surface area contributed by atoms with Crippen molar-refractivity contribution in [2.24, 2.45) is 34.5 Å². The van der Waals surface area contributed by atoms with E-state index in [0.29, 0.717) is 54.1 Å². The molecule has 3 heteroatoms. The first-order valence-corrected chi connectivity index (χ1v) is 9.59. The fraction of sp³-hybridized carbons (Fsp3) is 0.810. The summed E-state index contributed by atoms with van der Waals surface area (Å²) < 4.78 is 4.81. The number of Topliss-reactive ketones (excluding diaryl/α,β-unsaturated/α-hetero) is 1. The van der Waals surface area contributed by atoms with E-state index in [1.807, 2.05) is 0 Å². The SMILES string of the molecule is C=C[C@H]1CCC2[C@@H]3CCC(=O)[C@](C)(CCC(=O)OC)C3CC[C@@]21C. The van der Waals surface area contributed by atoms with Gasteiger partial charge in [0.05, 0.1) is 7.11 Å². The van der Waals surface area contributed by atoms with Gasteiger partial charge in [-0.05, 0) is 67.6 Å². The molecule has 0 saturated heterocycles. The third-order valence-corrected chi connectivity index (χ3v) is 8.03. The van der Waals surface area contributed by atoms with Crippen molar-refractivity contribution in [3.63, 3.8) is 0 Å². The van der Waals surface area contributed by atoms with E-state index in [0.717, 1.165) is 12.8 Å². The van der Waals surface area contributed by atoms with Gasteiger partial charge in [0.25, 0.3) is 0 Å². The number of rotatable bonds is 4. The van der Waals surface area contributed by atoms with Crippen LogP contribution in [0, 0.1) is 34.5 Å². The maximum Gasteiger partial charge on any atom is 0.305 e. The average molecular weight is 332 g/mol. The molecular weight excluding hydrogens is 300 g/mol. The van der Waals surface area contributed by atoms with Gasteiger partial charge in [-0.15, -0.1) is 6.58 Å². The first-order valence-electron chi connectivity index (χ1n) is 9.59. The topological polar surface area (TPSA) is 43.4 Å². The summed E-state index contributed by atoms with van der Waals surface area (Å²) in [6.45, 7) is 8.65. The van der Waals surface area contributed by atoms with E-state index < -0.39 is 0 Å². The van der Waals surface area contributed by atoms with Gasteiger partial charge in [-0.1, -0.05) is 19.9 Å². The summed E-state index contributed by atoms with van der Waals surface area (Å²) >= 11 is 0. The molecular formula is C21H32O3. The van der Waals surface area contributed by atoms with Crippen molar-refractivity contribution in [3.8, 4) is 0 Å². The Hall–Kier alpha value is -1.12. The van der Waals surface area contributed by atoms with Crippen molar-refractivity contribution < 1.29 is 14.3 Å². The van der Waals surface area contributed by atoms with Gasteiger partial charge in [0, 0.05) is 18.3 Å². The van der Waals surface area contributed by atoms with Gasteiger partial charge in [0.2, 0.25) is 0 Å². The van der Waals surface area contributed by atoms with Crippen LogP contribution in [0.2, 0.25) is 0 Å². The number of allylic oxidation sites excluding steroid dienone is 1. The van der Waals surface area contributed by atoms with Gasteiger partial charge in [0.15, 0.2) is 0 Å². The normalized spacial score (nSPS) is 44.5. The van der Waals surface area contributed by atoms with Crippen LogP contribution in [0.5, 0.6) is 0 Å². The largest absolute Gasteiger partial charge is 0.469 e. The molecule has 0 aromatic heterocycles. The first kappa shape index (κ1) is 17.7. The molecule has 3 fully saturated rings. The van der Waals surface area contributed by atoms with Gasteiger partial charge >= 0.3 is 5.97 Å². The first-order chi connectivity index (χ1) is 11.4. The minimum absolute atomic E-state index is 0.195. The van der Waals surface area contributed by atoms with E-state index in [9.17, 15) is 9.59 Å². The number of fused-ring (bicyclic) bond motifs is 3. The van der Waals surface area contributed by atoms with Crippen molar-refractivity contribution in [1.29, 1.82) is 0 Å². The summed E-state index contributed by atoms with van der Waals surface area (Å²) in [6, 6.07) is 0. The number of methoxy groups -OCH3 is 1. The van der Waals surface area contributed by atoms with Crippen LogP contribution in [0.3, 0.4) is 0 Å². The minimum Gasteiger partial charge on any atom is -0.469 e. The lowest BCUT2D eigenvalue weighted by Crippen LogP contribution is -2.52. The van der Waals surface area contributed by atoms with Crippen molar-refractivity contribution in [3.05, 3.63) is 12.7 Å². The van der Waals surface area contributed by atoms with E-state index in [2.05, 4.69) is 26.5 Å². The number of esters is 1. The Morgan fingerprint density at radius 1 is 1.25 bits per heavy atom. The summed E-state index contributed by atoms with van der Waals surface area (Å²) in [5, 5.41) is 0. The lowest BCUT2D eigenvalue weighted by Gasteiger charge is -2.55. The zero-order chi connectivity index (χ0) is 17.5. The number of hydrogen-bond acceptors (Lipinski definition) is 3. The van der Waals surface area contributed by atoms with E-state index >= 15 is 0 Å². The van der Waals surface area contributed by atoms with Gasteiger partial charge in [-0.3, -0.25) is 9.59 Å². The predicted octanol–water partition coefficient (Wildman–Crippen LogP) is 4.55. The molecule has 24 heavy (non-hydrogen) atoms. The van der Waals surface area contributed by atoms with Crippen LogP contribution in [0.15, 0.2) is 12.7 Å². The van der Waals surface area contributed by atoms with Gasteiger partial charge in [0.1, 0.15) is 5.78 Å². The van der Waals surface area contributed by atoms with E-state index in [1.165, 1.54) is 26.4 Å². The second-order valence-corrected chi connectivity index (χ2v) is 8.80. The fourth-order valence-corrected chi connectivity index (χ4v) is 6.49. The second kappa shape index (κ2) is 6.31.